The van der Waals surface area contributed by atoms with Crippen molar-refractivity contribution >= 4 is 29.0 Å². The number of rotatable bonds is 14. The number of imide groups is 1. The van der Waals surface area contributed by atoms with Gasteiger partial charge in [0.15, 0.2) is 0 Å². The van der Waals surface area contributed by atoms with Gasteiger partial charge in [-0.3, -0.25) is 19.8 Å². The molecule has 3 aromatic rings. The molecule has 2 heterocycles. The van der Waals surface area contributed by atoms with E-state index in [1.165, 1.54) is 23.1 Å². The molecule has 0 spiro atoms. The minimum atomic E-state index is -0.344. The third-order valence-electron chi connectivity index (χ3n) is 8.71. The van der Waals surface area contributed by atoms with E-state index in [0.29, 0.717) is 30.8 Å². The lowest BCUT2D eigenvalue weighted by atomic mass is 9.94. The Kier molecular flexibility index (Phi) is 11.2. The number of carbonyl (C=O) groups excluding carboxylic acids is 2. The van der Waals surface area contributed by atoms with Crippen LogP contribution < -0.4 is 19.5 Å². The number of carbonyl (C=O) groups is 2. The lowest BCUT2D eigenvalue weighted by molar-refractivity contribution is -0.115. The van der Waals surface area contributed by atoms with Gasteiger partial charge >= 0.3 is 0 Å². The number of hydrogen-bond acceptors (Lipinski definition) is 7. The minimum Gasteiger partial charge on any atom is -0.493 e. The standard InChI is InChI=1S/C37H44N2O5S/c1-5-42-35-26(3)25(2)34(44-23-29-12-7-6-8-13-29)27(4)32(35)15-9-10-20-39-21-11-14-30(39)24-43-31-18-16-28(17-19-31)22-33-36(40)38-37(41)45-33/h6-8,12-13,16-19,22,30H,5,9-11,14-15,20-21,23-24H2,1-4H3,(H,38,40,41)/b33-22+. The number of ether oxygens (including phenoxy) is 3. The molecule has 1 unspecified atom stereocenters. The fraction of sp³-hybridized carbons (Fsp3) is 0.405. The Morgan fingerprint density at radius 1 is 0.911 bits per heavy atom. The van der Waals surface area contributed by atoms with Crippen molar-refractivity contribution in [1.29, 1.82) is 0 Å². The van der Waals surface area contributed by atoms with Gasteiger partial charge in [0.2, 0.25) is 0 Å². The summed E-state index contributed by atoms with van der Waals surface area (Å²) in [6.07, 6.45) is 7.18. The summed E-state index contributed by atoms with van der Waals surface area (Å²) in [6.45, 7) is 12.5. The number of likely N-dealkylation sites (tertiary alicyclic amines) is 1. The highest BCUT2D eigenvalue weighted by molar-refractivity contribution is 8.18. The van der Waals surface area contributed by atoms with Crippen LogP contribution >= 0.6 is 11.8 Å². The molecule has 1 atom stereocenters. The molecule has 45 heavy (non-hydrogen) atoms. The molecule has 0 aliphatic carbocycles. The molecule has 0 bridgehead atoms. The molecule has 5 rings (SSSR count). The Labute approximate surface area is 271 Å². The summed E-state index contributed by atoms with van der Waals surface area (Å²) in [5, 5.41) is 1.95. The number of hydrogen-bond donors (Lipinski definition) is 1. The highest BCUT2D eigenvalue weighted by Gasteiger charge is 2.26. The summed E-state index contributed by atoms with van der Waals surface area (Å²) in [5.74, 6) is 2.47. The lowest BCUT2D eigenvalue weighted by Gasteiger charge is -2.25. The molecule has 8 heteroatoms. The molecular weight excluding hydrogens is 584 g/mol. The van der Waals surface area contributed by atoms with Gasteiger partial charge in [-0.05, 0) is 131 Å². The predicted octanol–water partition coefficient (Wildman–Crippen LogP) is 7.78. The summed E-state index contributed by atoms with van der Waals surface area (Å²) < 4.78 is 18.8. The third-order valence-corrected chi connectivity index (χ3v) is 9.52. The van der Waals surface area contributed by atoms with Crippen molar-refractivity contribution in [3.63, 3.8) is 0 Å². The number of unbranched alkanes of at least 4 members (excludes halogenated alkanes) is 1. The van der Waals surface area contributed by atoms with Crippen LogP contribution in [-0.4, -0.2) is 48.4 Å². The van der Waals surface area contributed by atoms with E-state index in [9.17, 15) is 9.59 Å². The Morgan fingerprint density at radius 2 is 1.67 bits per heavy atom. The van der Waals surface area contributed by atoms with Crippen LogP contribution in [0, 0.1) is 20.8 Å². The molecule has 2 aliphatic heterocycles. The van der Waals surface area contributed by atoms with E-state index >= 15 is 0 Å². The highest BCUT2D eigenvalue weighted by Crippen LogP contribution is 2.39. The topological polar surface area (TPSA) is 77.1 Å². The first-order chi connectivity index (χ1) is 21.8. The SMILES string of the molecule is CCOc1c(C)c(C)c(OCc2ccccc2)c(C)c1CCCCN1CCCC1COc1ccc(/C=C2/SC(=O)NC2=O)cc1. The molecule has 3 aromatic carbocycles. The zero-order valence-corrected chi connectivity index (χ0v) is 27.6. The largest absolute Gasteiger partial charge is 0.493 e. The van der Waals surface area contributed by atoms with Crippen molar-refractivity contribution in [3.05, 3.63) is 92.9 Å². The quantitative estimate of drug-likeness (QED) is 0.144. The van der Waals surface area contributed by atoms with Gasteiger partial charge in [-0.1, -0.05) is 42.5 Å². The van der Waals surface area contributed by atoms with Gasteiger partial charge in [0.25, 0.3) is 11.1 Å². The molecule has 2 aliphatic rings. The number of amides is 2. The highest BCUT2D eigenvalue weighted by atomic mass is 32.2. The van der Waals surface area contributed by atoms with Crippen LogP contribution in [0.3, 0.4) is 0 Å². The molecule has 2 fully saturated rings. The first-order valence-corrected chi connectivity index (χ1v) is 16.8. The first-order valence-electron chi connectivity index (χ1n) is 16.0. The van der Waals surface area contributed by atoms with Crippen LogP contribution in [0.5, 0.6) is 17.2 Å². The molecule has 7 nitrogen and oxygen atoms in total. The fourth-order valence-electron chi connectivity index (χ4n) is 6.16. The van der Waals surface area contributed by atoms with Crippen molar-refractivity contribution in [2.45, 2.75) is 72.4 Å². The van der Waals surface area contributed by atoms with Crippen molar-refractivity contribution in [2.75, 3.05) is 26.3 Å². The van der Waals surface area contributed by atoms with Gasteiger partial charge in [-0.2, -0.15) is 0 Å². The summed E-state index contributed by atoms with van der Waals surface area (Å²) in [5.41, 5.74) is 6.79. The van der Waals surface area contributed by atoms with Crippen molar-refractivity contribution < 1.29 is 23.8 Å². The van der Waals surface area contributed by atoms with E-state index in [-0.39, 0.29) is 11.1 Å². The van der Waals surface area contributed by atoms with E-state index in [4.69, 9.17) is 14.2 Å². The monoisotopic (exact) mass is 628 g/mol. The number of nitrogens with zero attached hydrogens (tertiary/aromatic N) is 1. The van der Waals surface area contributed by atoms with E-state index in [0.717, 1.165) is 84.5 Å². The first kappa shape index (κ1) is 32.6. The van der Waals surface area contributed by atoms with Crippen molar-refractivity contribution in [1.82, 2.24) is 10.2 Å². The van der Waals surface area contributed by atoms with Crippen LogP contribution in [-0.2, 0) is 17.8 Å². The fourth-order valence-corrected chi connectivity index (χ4v) is 6.84. The Hall–Kier alpha value is -3.75. The van der Waals surface area contributed by atoms with Gasteiger partial charge in [-0.15, -0.1) is 0 Å². The van der Waals surface area contributed by atoms with Crippen molar-refractivity contribution in [3.8, 4) is 17.2 Å². The number of benzene rings is 3. The maximum Gasteiger partial charge on any atom is 0.290 e. The summed E-state index contributed by atoms with van der Waals surface area (Å²) in [4.78, 5) is 26.2. The van der Waals surface area contributed by atoms with Gasteiger partial charge in [-0.25, -0.2) is 0 Å². The van der Waals surface area contributed by atoms with Crippen LogP contribution in [0.25, 0.3) is 6.08 Å². The average Bonchev–Trinajstić information content (AvgIpc) is 3.63. The zero-order valence-electron chi connectivity index (χ0n) is 26.8. The van der Waals surface area contributed by atoms with Crippen LogP contribution in [0.2, 0.25) is 0 Å². The molecule has 0 aromatic heterocycles. The second kappa shape index (κ2) is 15.5. The van der Waals surface area contributed by atoms with E-state index in [2.05, 4.69) is 43.1 Å². The molecule has 1 N–H and O–H groups in total. The molecule has 0 saturated carbocycles. The molecular formula is C37H44N2O5S. The Bertz CT molecular complexity index is 1520. The molecule has 2 saturated heterocycles. The minimum absolute atomic E-state index is 0.332. The number of thioether (sulfide) groups is 1. The van der Waals surface area contributed by atoms with Gasteiger partial charge in [0.1, 0.15) is 30.5 Å². The normalized spacial score (nSPS) is 17.6. The van der Waals surface area contributed by atoms with Gasteiger partial charge in [0.05, 0.1) is 11.5 Å². The molecule has 0 radical (unpaired) electrons. The van der Waals surface area contributed by atoms with Crippen molar-refractivity contribution in [2.24, 2.45) is 0 Å². The number of nitrogens with one attached hydrogen (secondary N) is 1. The molecule has 238 valence electrons. The van der Waals surface area contributed by atoms with E-state index in [1.54, 1.807) is 6.08 Å². The van der Waals surface area contributed by atoms with Crippen LogP contribution in [0.1, 0.15) is 66.0 Å². The smallest absolute Gasteiger partial charge is 0.290 e. The van der Waals surface area contributed by atoms with Crippen LogP contribution in [0.15, 0.2) is 59.5 Å². The summed E-state index contributed by atoms with van der Waals surface area (Å²) in [7, 11) is 0. The zero-order chi connectivity index (χ0) is 31.8. The summed E-state index contributed by atoms with van der Waals surface area (Å²) >= 11 is 0.926. The lowest BCUT2D eigenvalue weighted by Crippen LogP contribution is -2.35. The van der Waals surface area contributed by atoms with E-state index in [1.807, 2.05) is 49.4 Å². The maximum absolute atomic E-state index is 11.8. The van der Waals surface area contributed by atoms with Gasteiger partial charge < -0.3 is 14.2 Å². The molecule has 2 amide bonds. The van der Waals surface area contributed by atoms with Crippen LogP contribution in [0.4, 0.5) is 4.79 Å². The Morgan fingerprint density at radius 3 is 2.38 bits per heavy atom. The average molecular weight is 629 g/mol. The Balaban J connectivity index is 1.14. The predicted molar refractivity (Wildman–Crippen MR) is 181 cm³/mol. The van der Waals surface area contributed by atoms with Gasteiger partial charge in [0, 0.05) is 11.6 Å². The summed E-state index contributed by atoms with van der Waals surface area (Å²) in [6, 6.07) is 18.4. The second-order valence-corrected chi connectivity index (χ2v) is 12.8. The third kappa shape index (κ3) is 8.30. The maximum atomic E-state index is 11.8. The second-order valence-electron chi connectivity index (χ2n) is 11.7. The van der Waals surface area contributed by atoms with E-state index < -0.39 is 0 Å².